The molecule has 2 aromatic rings. The molecule has 0 aliphatic carbocycles. The normalized spacial score (nSPS) is 15.8. The monoisotopic (exact) mass is 341 g/mol. The van der Waals surface area contributed by atoms with Crippen molar-refractivity contribution < 1.29 is 9.59 Å². The molecule has 1 aliphatic rings. The van der Waals surface area contributed by atoms with Gasteiger partial charge in [0.05, 0.1) is 17.8 Å². The average Bonchev–Trinajstić information content (AvgIpc) is 3.11. The second-order valence-corrected chi connectivity index (χ2v) is 6.64. The fraction of sp³-hybridized carbons (Fsp3) is 0.389. The first-order valence-electron chi connectivity index (χ1n) is 8.50. The fourth-order valence-corrected chi connectivity index (χ4v) is 2.97. The molecule has 0 unspecified atom stereocenters. The summed E-state index contributed by atoms with van der Waals surface area (Å²) in [7, 11) is 0. The highest BCUT2D eigenvalue weighted by Crippen LogP contribution is 2.33. The Bertz CT molecular complexity index is 768. The molecule has 1 aliphatic heterocycles. The molecule has 0 saturated carbocycles. The van der Waals surface area contributed by atoms with E-state index in [1.807, 2.05) is 24.3 Å². The fourth-order valence-electron chi connectivity index (χ4n) is 2.97. The van der Waals surface area contributed by atoms with E-state index in [1.165, 1.54) is 0 Å². The third kappa shape index (κ3) is 4.17. The summed E-state index contributed by atoms with van der Waals surface area (Å²) in [6.07, 6.45) is 3.99. The molecule has 1 aromatic carbocycles. The average molecular weight is 341 g/mol. The van der Waals surface area contributed by atoms with Crippen LogP contribution < -0.4 is 16.0 Å². The van der Waals surface area contributed by atoms with Crippen LogP contribution in [0.4, 0.5) is 16.2 Å². The molecule has 0 bridgehead atoms. The number of rotatable bonds is 6. The van der Waals surface area contributed by atoms with Crippen LogP contribution in [0.2, 0.25) is 0 Å². The molecule has 2 heterocycles. The SMILES string of the molecule is CC(C)Cn1cc(NC(=O)NCC[C@@H]2C(=O)Nc3ccccc32)cn1. The van der Waals surface area contributed by atoms with Crippen molar-refractivity contribution in [2.24, 2.45) is 5.92 Å². The maximum Gasteiger partial charge on any atom is 0.319 e. The van der Waals surface area contributed by atoms with Crippen LogP contribution in [-0.4, -0.2) is 28.3 Å². The molecular weight excluding hydrogens is 318 g/mol. The molecule has 3 rings (SSSR count). The van der Waals surface area contributed by atoms with Gasteiger partial charge in [0.1, 0.15) is 0 Å². The van der Waals surface area contributed by atoms with Gasteiger partial charge in [0.25, 0.3) is 0 Å². The highest BCUT2D eigenvalue weighted by Gasteiger charge is 2.29. The molecule has 0 radical (unpaired) electrons. The van der Waals surface area contributed by atoms with Crippen LogP contribution in [-0.2, 0) is 11.3 Å². The first-order valence-corrected chi connectivity index (χ1v) is 8.50. The van der Waals surface area contributed by atoms with E-state index in [2.05, 4.69) is 34.9 Å². The summed E-state index contributed by atoms with van der Waals surface area (Å²) in [5, 5.41) is 12.6. The lowest BCUT2D eigenvalue weighted by atomic mass is 9.97. The van der Waals surface area contributed by atoms with Crippen molar-refractivity contribution in [2.45, 2.75) is 32.7 Å². The lowest BCUT2D eigenvalue weighted by molar-refractivity contribution is -0.117. The Kier molecular flexibility index (Phi) is 5.02. The standard InChI is InChI=1S/C18H23N5O2/c1-12(2)10-23-11-13(9-20-23)21-18(25)19-8-7-15-14-5-3-4-6-16(14)22-17(15)24/h3-6,9,11-12,15H,7-8,10H2,1-2H3,(H,22,24)(H2,19,21,25)/t15-/m0/s1. The van der Waals surface area contributed by atoms with Gasteiger partial charge >= 0.3 is 6.03 Å². The summed E-state index contributed by atoms with van der Waals surface area (Å²) < 4.78 is 1.81. The molecule has 1 aromatic heterocycles. The van der Waals surface area contributed by atoms with E-state index < -0.39 is 0 Å². The Hall–Kier alpha value is -2.83. The van der Waals surface area contributed by atoms with Crippen LogP contribution in [0.3, 0.4) is 0 Å². The van der Waals surface area contributed by atoms with Gasteiger partial charge in [0.2, 0.25) is 5.91 Å². The Balaban J connectivity index is 1.47. The predicted molar refractivity (Wildman–Crippen MR) is 96.5 cm³/mol. The number of nitrogens with zero attached hydrogens (tertiary/aromatic N) is 2. The predicted octanol–water partition coefficient (Wildman–Crippen LogP) is 2.79. The van der Waals surface area contributed by atoms with Gasteiger partial charge in [-0.3, -0.25) is 9.48 Å². The molecule has 3 N–H and O–H groups in total. The van der Waals surface area contributed by atoms with Crippen molar-refractivity contribution in [1.29, 1.82) is 0 Å². The highest BCUT2D eigenvalue weighted by molar-refractivity contribution is 6.02. The highest BCUT2D eigenvalue weighted by atomic mass is 16.2. The quantitative estimate of drug-likeness (QED) is 0.755. The zero-order valence-corrected chi connectivity index (χ0v) is 14.5. The number of carbonyl (C=O) groups is 2. The Morgan fingerprint density at radius 3 is 2.96 bits per heavy atom. The van der Waals surface area contributed by atoms with Crippen molar-refractivity contribution in [2.75, 3.05) is 17.2 Å². The van der Waals surface area contributed by atoms with E-state index in [4.69, 9.17) is 0 Å². The first kappa shape index (κ1) is 17.0. The first-order chi connectivity index (χ1) is 12.0. The minimum Gasteiger partial charge on any atom is -0.338 e. The van der Waals surface area contributed by atoms with E-state index in [9.17, 15) is 9.59 Å². The molecule has 0 fully saturated rings. The van der Waals surface area contributed by atoms with Crippen molar-refractivity contribution >= 4 is 23.3 Å². The van der Waals surface area contributed by atoms with Gasteiger partial charge in [0, 0.05) is 25.0 Å². The van der Waals surface area contributed by atoms with E-state index in [0.717, 1.165) is 17.8 Å². The number of amides is 3. The number of benzene rings is 1. The molecule has 25 heavy (non-hydrogen) atoms. The topological polar surface area (TPSA) is 88.0 Å². The van der Waals surface area contributed by atoms with Crippen molar-refractivity contribution in [3.05, 3.63) is 42.2 Å². The minimum atomic E-state index is -0.296. The van der Waals surface area contributed by atoms with Crippen LogP contribution in [0, 0.1) is 5.92 Å². The second kappa shape index (κ2) is 7.38. The van der Waals surface area contributed by atoms with Crippen LogP contribution in [0.1, 0.15) is 31.7 Å². The van der Waals surface area contributed by atoms with Crippen molar-refractivity contribution in [1.82, 2.24) is 15.1 Å². The van der Waals surface area contributed by atoms with Gasteiger partial charge < -0.3 is 16.0 Å². The number of aromatic nitrogens is 2. The van der Waals surface area contributed by atoms with Crippen LogP contribution in [0.25, 0.3) is 0 Å². The minimum absolute atomic E-state index is 0.0154. The maximum absolute atomic E-state index is 12.0. The second-order valence-electron chi connectivity index (χ2n) is 6.64. The largest absolute Gasteiger partial charge is 0.338 e. The molecule has 132 valence electrons. The lowest BCUT2D eigenvalue weighted by Crippen LogP contribution is -2.30. The molecule has 0 saturated heterocycles. The Labute approximate surface area is 146 Å². The number of hydrogen-bond donors (Lipinski definition) is 3. The number of urea groups is 1. The summed E-state index contributed by atoms with van der Waals surface area (Å²) in [5.41, 5.74) is 2.51. The summed E-state index contributed by atoms with van der Waals surface area (Å²) >= 11 is 0. The zero-order chi connectivity index (χ0) is 17.8. The smallest absolute Gasteiger partial charge is 0.319 e. The van der Waals surface area contributed by atoms with Gasteiger partial charge in [-0.05, 0) is 24.0 Å². The van der Waals surface area contributed by atoms with Crippen LogP contribution in [0.5, 0.6) is 0 Å². The number of nitrogens with one attached hydrogen (secondary N) is 3. The van der Waals surface area contributed by atoms with Crippen molar-refractivity contribution in [3.8, 4) is 0 Å². The number of anilines is 2. The van der Waals surface area contributed by atoms with E-state index in [-0.39, 0.29) is 17.9 Å². The summed E-state index contributed by atoms with van der Waals surface area (Å²) in [6, 6.07) is 7.35. The van der Waals surface area contributed by atoms with E-state index in [1.54, 1.807) is 17.1 Å². The number of carbonyl (C=O) groups excluding carboxylic acids is 2. The Morgan fingerprint density at radius 1 is 1.36 bits per heavy atom. The van der Waals surface area contributed by atoms with E-state index >= 15 is 0 Å². The third-order valence-corrected chi connectivity index (χ3v) is 4.07. The number of para-hydroxylation sites is 1. The van der Waals surface area contributed by atoms with Gasteiger partial charge in [-0.25, -0.2) is 4.79 Å². The van der Waals surface area contributed by atoms with Gasteiger partial charge in [-0.15, -0.1) is 0 Å². The molecule has 7 nitrogen and oxygen atoms in total. The maximum atomic E-state index is 12.0. The molecule has 3 amide bonds. The van der Waals surface area contributed by atoms with Gasteiger partial charge in [0.15, 0.2) is 0 Å². The number of hydrogen-bond acceptors (Lipinski definition) is 3. The third-order valence-electron chi connectivity index (χ3n) is 4.07. The summed E-state index contributed by atoms with van der Waals surface area (Å²) in [4.78, 5) is 24.0. The van der Waals surface area contributed by atoms with Crippen molar-refractivity contribution in [3.63, 3.8) is 0 Å². The van der Waals surface area contributed by atoms with Crippen LogP contribution >= 0.6 is 0 Å². The molecule has 0 spiro atoms. The van der Waals surface area contributed by atoms with E-state index in [0.29, 0.717) is 24.6 Å². The molecule has 1 atom stereocenters. The Morgan fingerprint density at radius 2 is 2.16 bits per heavy atom. The summed E-state index contributed by atoms with van der Waals surface area (Å²) in [6.45, 7) is 5.44. The summed E-state index contributed by atoms with van der Waals surface area (Å²) in [5.74, 6) is 0.255. The molecular formula is C18H23N5O2. The lowest BCUT2D eigenvalue weighted by Gasteiger charge is -2.10. The molecule has 7 heteroatoms. The number of fused-ring (bicyclic) bond motifs is 1. The zero-order valence-electron chi connectivity index (χ0n) is 14.5. The van der Waals surface area contributed by atoms with Crippen LogP contribution in [0.15, 0.2) is 36.7 Å². The van der Waals surface area contributed by atoms with Gasteiger partial charge in [-0.1, -0.05) is 32.0 Å². The van der Waals surface area contributed by atoms with Gasteiger partial charge in [-0.2, -0.15) is 5.10 Å².